The molecule has 1 amide bonds. The van der Waals surface area contributed by atoms with Crippen molar-refractivity contribution < 1.29 is 27.9 Å². The molecule has 3 N–H and O–H groups in total. The van der Waals surface area contributed by atoms with E-state index in [9.17, 15) is 22.8 Å². The van der Waals surface area contributed by atoms with E-state index in [1.165, 1.54) is 5.32 Å². The first-order valence-corrected chi connectivity index (χ1v) is 5.60. The maximum atomic E-state index is 12.7. The van der Waals surface area contributed by atoms with Crippen LogP contribution in [0.4, 0.5) is 13.2 Å². The molecule has 6 nitrogen and oxygen atoms in total. The zero-order chi connectivity index (χ0) is 15.7. The molecular formula is C11H14F3N3O3. The Bertz CT molecular complexity index is 519. The number of nitrogens with one attached hydrogen (secondary N) is 2. The molecule has 0 saturated carbocycles. The van der Waals surface area contributed by atoms with Crippen LogP contribution >= 0.6 is 0 Å². The van der Waals surface area contributed by atoms with Crippen LogP contribution in [0.15, 0.2) is 0 Å². The van der Waals surface area contributed by atoms with Crippen molar-refractivity contribution in [2.75, 3.05) is 0 Å². The summed E-state index contributed by atoms with van der Waals surface area (Å²) in [5.41, 5.74) is -1.86. The van der Waals surface area contributed by atoms with Crippen LogP contribution in [0.25, 0.3) is 0 Å². The minimum atomic E-state index is -5.10. The highest BCUT2D eigenvalue weighted by atomic mass is 19.4. The number of amides is 1. The van der Waals surface area contributed by atoms with E-state index in [4.69, 9.17) is 5.11 Å². The minimum absolute atomic E-state index is 0.382. The highest BCUT2D eigenvalue weighted by Gasteiger charge is 2.58. The maximum Gasteiger partial charge on any atom is 0.422 e. The number of carboxylic acid groups (broad SMARTS) is 1. The Morgan fingerprint density at radius 2 is 1.90 bits per heavy atom. The lowest BCUT2D eigenvalue weighted by atomic mass is 10.0. The van der Waals surface area contributed by atoms with Crippen molar-refractivity contribution >= 4 is 11.9 Å². The Hall–Kier alpha value is -2.06. The van der Waals surface area contributed by atoms with E-state index < -0.39 is 23.6 Å². The third kappa shape index (κ3) is 2.91. The number of hydrogen-bond donors (Lipinski definition) is 3. The summed E-state index contributed by atoms with van der Waals surface area (Å²) in [6.45, 7) is 3.61. The highest BCUT2D eigenvalue weighted by Crippen LogP contribution is 2.30. The van der Waals surface area contributed by atoms with E-state index in [0.717, 1.165) is 0 Å². The highest BCUT2D eigenvalue weighted by molar-refractivity contribution is 5.88. The van der Waals surface area contributed by atoms with Crippen molar-refractivity contribution in [1.29, 1.82) is 0 Å². The van der Waals surface area contributed by atoms with Gasteiger partial charge < -0.3 is 10.4 Å². The summed E-state index contributed by atoms with van der Waals surface area (Å²) in [6, 6.07) is 0. The first-order chi connectivity index (χ1) is 8.99. The number of aryl methyl sites for hydroxylation is 2. The standard InChI is InChI=1S/C11H14F3N3O3/c1-5-7(6(2)17-16-5)4-8(18)15-10(3,9(19)20)11(12,13)14/h4H2,1-3H3,(H,15,18)(H,16,17)(H,19,20). The van der Waals surface area contributed by atoms with Gasteiger partial charge in [-0.15, -0.1) is 0 Å². The number of carbonyl (C=O) groups is 2. The first kappa shape index (κ1) is 16.0. The lowest BCUT2D eigenvalue weighted by Gasteiger charge is -2.28. The molecule has 1 atom stereocenters. The maximum absolute atomic E-state index is 12.7. The zero-order valence-corrected chi connectivity index (χ0v) is 11.1. The van der Waals surface area contributed by atoms with Crippen molar-refractivity contribution in [2.45, 2.75) is 38.9 Å². The third-order valence-corrected chi connectivity index (χ3v) is 3.00. The van der Waals surface area contributed by atoms with Crippen molar-refractivity contribution in [3.63, 3.8) is 0 Å². The van der Waals surface area contributed by atoms with Crippen LogP contribution in [0.2, 0.25) is 0 Å². The molecule has 20 heavy (non-hydrogen) atoms. The van der Waals surface area contributed by atoms with Gasteiger partial charge in [-0.1, -0.05) is 0 Å². The van der Waals surface area contributed by atoms with Crippen LogP contribution in [0.5, 0.6) is 0 Å². The van der Waals surface area contributed by atoms with E-state index >= 15 is 0 Å². The lowest BCUT2D eigenvalue weighted by Crippen LogP contribution is -2.62. The molecule has 1 unspecified atom stereocenters. The van der Waals surface area contributed by atoms with Crippen molar-refractivity contribution in [3.05, 3.63) is 17.0 Å². The summed E-state index contributed by atoms with van der Waals surface area (Å²) in [5, 5.41) is 16.6. The fourth-order valence-electron chi connectivity index (χ4n) is 1.56. The normalized spacial score (nSPS) is 14.7. The zero-order valence-electron chi connectivity index (χ0n) is 11.1. The molecule has 0 saturated heterocycles. The van der Waals surface area contributed by atoms with E-state index in [1.807, 2.05) is 0 Å². The van der Waals surface area contributed by atoms with Crippen LogP contribution in [-0.4, -0.2) is 38.9 Å². The number of aromatic nitrogens is 2. The average molecular weight is 293 g/mol. The van der Waals surface area contributed by atoms with Crippen LogP contribution in [0.3, 0.4) is 0 Å². The number of nitrogens with zero attached hydrogens (tertiary/aromatic N) is 1. The molecule has 112 valence electrons. The van der Waals surface area contributed by atoms with Gasteiger partial charge in [0.25, 0.3) is 0 Å². The number of carbonyl (C=O) groups excluding carboxylic acids is 1. The number of aromatic amines is 1. The van der Waals surface area contributed by atoms with Gasteiger partial charge in [0.2, 0.25) is 11.4 Å². The second-order valence-electron chi connectivity index (χ2n) is 4.57. The summed E-state index contributed by atoms with van der Waals surface area (Å²) in [7, 11) is 0. The molecule has 0 spiro atoms. The van der Waals surface area contributed by atoms with Gasteiger partial charge in [0.15, 0.2) is 0 Å². The number of carboxylic acids is 1. The van der Waals surface area contributed by atoms with Gasteiger partial charge >= 0.3 is 12.1 Å². The fraction of sp³-hybridized carbons (Fsp3) is 0.545. The number of hydrogen-bond acceptors (Lipinski definition) is 3. The molecule has 0 fully saturated rings. The van der Waals surface area contributed by atoms with E-state index in [2.05, 4.69) is 10.2 Å². The molecule has 0 radical (unpaired) electrons. The molecular weight excluding hydrogens is 279 g/mol. The third-order valence-electron chi connectivity index (χ3n) is 3.00. The SMILES string of the molecule is Cc1n[nH]c(C)c1CC(=O)NC(C)(C(=O)O)C(F)(F)F. The van der Waals surface area contributed by atoms with Gasteiger partial charge in [-0.3, -0.25) is 9.89 Å². The molecule has 1 heterocycles. The van der Waals surface area contributed by atoms with Crippen molar-refractivity contribution in [1.82, 2.24) is 15.5 Å². The largest absolute Gasteiger partial charge is 0.479 e. The topological polar surface area (TPSA) is 95.1 Å². The van der Waals surface area contributed by atoms with Crippen molar-refractivity contribution in [3.8, 4) is 0 Å². The van der Waals surface area contributed by atoms with Crippen LogP contribution in [0.1, 0.15) is 23.9 Å². The number of H-pyrrole nitrogens is 1. The van der Waals surface area contributed by atoms with Crippen molar-refractivity contribution in [2.24, 2.45) is 0 Å². The van der Waals surface area contributed by atoms with Crippen LogP contribution in [0, 0.1) is 13.8 Å². The summed E-state index contributed by atoms with van der Waals surface area (Å²) in [6.07, 6.45) is -5.48. The van der Waals surface area contributed by atoms with E-state index in [-0.39, 0.29) is 6.42 Å². The molecule has 1 aromatic heterocycles. The van der Waals surface area contributed by atoms with Crippen LogP contribution in [-0.2, 0) is 16.0 Å². The summed E-state index contributed by atoms with van der Waals surface area (Å²) >= 11 is 0. The Morgan fingerprint density at radius 3 is 2.25 bits per heavy atom. The molecule has 0 aliphatic carbocycles. The summed E-state index contributed by atoms with van der Waals surface area (Å²) in [4.78, 5) is 22.5. The predicted molar refractivity (Wildman–Crippen MR) is 62.0 cm³/mol. The Balaban J connectivity index is 2.92. The van der Waals surface area contributed by atoms with Gasteiger partial charge in [-0.2, -0.15) is 18.3 Å². The predicted octanol–water partition coefficient (Wildman–Crippen LogP) is 1.09. The van der Waals surface area contributed by atoms with Gasteiger partial charge in [0.05, 0.1) is 12.1 Å². The molecule has 0 aromatic carbocycles. The molecule has 1 aromatic rings. The fourth-order valence-corrected chi connectivity index (χ4v) is 1.56. The molecule has 1 rings (SSSR count). The second-order valence-corrected chi connectivity index (χ2v) is 4.57. The Labute approximate surface area is 112 Å². The number of halogens is 3. The Morgan fingerprint density at radius 1 is 1.35 bits per heavy atom. The number of rotatable bonds is 4. The summed E-state index contributed by atoms with van der Waals surface area (Å²) < 4.78 is 38.2. The van der Waals surface area contributed by atoms with Gasteiger partial charge in [0, 0.05) is 11.3 Å². The van der Waals surface area contributed by atoms with Crippen LogP contribution < -0.4 is 5.32 Å². The monoisotopic (exact) mass is 293 g/mol. The molecule has 9 heteroatoms. The quantitative estimate of drug-likeness (QED) is 0.774. The smallest absolute Gasteiger partial charge is 0.422 e. The van der Waals surface area contributed by atoms with E-state index in [1.54, 1.807) is 13.8 Å². The molecule has 0 aliphatic heterocycles. The molecule has 0 bridgehead atoms. The number of aliphatic carboxylic acids is 1. The lowest BCUT2D eigenvalue weighted by molar-refractivity contribution is -0.206. The van der Waals surface area contributed by atoms with E-state index in [0.29, 0.717) is 23.9 Å². The molecule has 0 aliphatic rings. The van der Waals surface area contributed by atoms with Gasteiger partial charge in [-0.25, -0.2) is 4.79 Å². The average Bonchev–Trinajstić information content (AvgIpc) is 2.58. The first-order valence-electron chi connectivity index (χ1n) is 5.60. The summed E-state index contributed by atoms with van der Waals surface area (Å²) in [5.74, 6) is -3.21. The van der Waals surface area contributed by atoms with Gasteiger partial charge in [-0.05, 0) is 20.8 Å². The second kappa shape index (κ2) is 5.14. The Kier molecular flexibility index (Phi) is 4.11. The number of alkyl halides is 3. The minimum Gasteiger partial charge on any atom is -0.479 e. The van der Waals surface area contributed by atoms with Gasteiger partial charge in [0.1, 0.15) is 0 Å².